The van der Waals surface area contributed by atoms with Crippen LogP contribution in [0.5, 0.6) is 0 Å². The maximum absolute atomic E-state index is 14.1. The van der Waals surface area contributed by atoms with Crippen LogP contribution in [-0.4, -0.2) is 35.7 Å². The molecular weight excluding hydrogens is 440 g/mol. The van der Waals surface area contributed by atoms with Crippen LogP contribution in [0.2, 0.25) is 0 Å². The highest BCUT2D eigenvalue weighted by molar-refractivity contribution is 6.04. The first-order chi connectivity index (χ1) is 16.4. The number of aromatic nitrogens is 6. The number of hydrogen-bond donors (Lipinski definition) is 1. The number of anilines is 1. The Morgan fingerprint density at radius 3 is 2.74 bits per heavy atom. The molecule has 1 amide bonds. The van der Waals surface area contributed by atoms with Crippen LogP contribution in [0.1, 0.15) is 45.6 Å². The second-order valence-corrected chi connectivity index (χ2v) is 7.93. The van der Waals surface area contributed by atoms with E-state index < -0.39 is 11.8 Å². The Balaban J connectivity index is 1.37. The van der Waals surface area contributed by atoms with E-state index in [2.05, 4.69) is 37.4 Å². The molecule has 0 saturated carbocycles. The molecular formula is C24H19F2N7O. The van der Waals surface area contributed by atoms with Gasteiger partial charge in [-0.15, -0.1) is 0 Å². The van der Waals surface area contributed by atoms with Crippen molar-refractivity contribution in [3.63, 3.8) is 0 Å². The lowest BCUT2D eigenvalue weighted by molar-refractivity contribution is -0.0364. The minimum Gasteiger partial charge on any atom is -0.305 e. The first-order valence-electron chi connectivity index (χ1n) is 10.6. The molecule has 1 aliphatic rings. The van der Waals surface area contributed by atoms with E-state index in [1.807, 2.05) is 13.0 Å². The molecule has 0 unspecified atom stereocenters. The third kappa shape index (κ3) is 4.28. The number of fused-ring (bicyclic) bond motifs is 1. The number of amides is 1. The predicted molar refractivity (Wildman–Crippen MR) is 120 cm³/mol. The Morgan fingerprint density at radius 2 is 1.94 bits per heavy atom. The van der Waals surface area contributed by atoms with Gasteiger partial charge in [-0.3, -0.25) is 14.5 Å². The molecule has 0 radical (unpaired) electrons. The number of nitrogens with zero attached hydrogens (tertiary/aromatic N) is 6. The van der Waals surface area contributed by atoms with Crippen LogP contribution in [0.15, 0.2) is 55.1 Å². The highest BCUT2D eigenvalue weighted by Gasteiger charge is 2.38. The second kappa shape index (κ2) is 8.51. The standard InChI is InChI=1S/C24H19F2N7O/c1-16-3-5-19(23(34)30-22-13-21-24(25,26)7-2-10-32(21)31-22)12-18(16)6-4-17-11-20(15-27-14-17)33-28-8-9-29-33/h3,5,8-9,11-15H,2,7,10H2,1H3,(H,30,31,34). The van der Waals surface area contributed by atoms with E-state index in [4.69, 9.17) is 0 Å². The number of benzene rings is 1. The fraction of sp³-hybridized carbons (Fsp3) is 0.208. The van der Waals surface area contributed by atoms with Gasteiger partial charge >= 0.3 is 0 Å². The SMILES string of the molecule is Cc1ccc(C(=O)Nc2cc3n(n2)CCCC3(F)F)cc1C#Cc1cncc(-n2nccn2)c1. The van der Waals surface area contributed by atoms with Gasteiger partial charge < -0.3 is 5.32 Å². The number of hydrogen-bond acceptors (Lipinski definition) is 5. The lowest BCUT2D eigenvalue weighted by atomic mass is 10.0. The van der Waals surface area contributed by atoms with E-state index in [0.29, 0.717) is 35.3 Å². The van der Waals surface area contributed by atoms with E-state index in [0.717, 1.165) is 5.56 Å². The predicted octanol–water partition coefficient (Wildman–Crippen LogP) is 3.70. The summed E-state index contributed by atoms with van der Waals surface area (Å²) in [5.74, 6) is 2.83. The van der Waals surface area contributed by atoms with Gasteiger partial charge in [-0.2, -0.15) is 28.9 Å². The van der Waals surface area contributed by atoms with Crippen molar-refractivity contribution in [1.82, 2.24) is 29.8 Å². The minimum absolute atomic E-state index is 0.102. The molecule has 0 spiro atoms. The van der Waals surface area contributed by atoms with Gasteiger partial charge in [0.1, 0.15) is 11.4 Å². The van der Waals surface area contributed by atoms with Crippen molar-refractivity contribution in [2.75, 3.05) is 5.32 Å². The van der Waals surface area contributed by atoms with Gasteiger partial charge in [-0.05, 0) is 37.1 Å². The topological polar surface area (TPSA) is 90.5 Å². The van der Waals surface area contributed by atoms with Crippen LogP contribution >= 0.6 is 0 Å². The van der Waals surface area contributed by atoms with Gasteiger partial charge in [0.2, 0.25) is 0 Å². The Labute approximate surface area is 193 Å². The molecule has 170 valence electrons. The third-order valence-corrected chi connectivity index (χ3v) is 5.47. The summed E-state index contributed by atoms with van der Waals surface area (Å²) in [6.07, 6.45) is 6.52. The van der Waals surface area contributed by atoms with Crippen molar-refractivity contribution in [2.45, 2.75) is 32.2 Å². The van der Waals surface area contributed by atoms with Crippen molar-refractivity contribution < 1.29 is 13.6 Å². The molecule has 5 rings (SSSR count). The quantitative estimate of drug-likeness (QED) is 0.472. The van der Waals surface area contributed by atoms with Crippen LogP contribution in [0.25, 0.3) is 5.69 Å². The van der Waals surface area contributed by atoms with Crippen LogP contribution in [0.3, 0.4) is 0 Å². The summed E-state index contributed by atoms with van der Waals surface area (Å²) in [6, 6.07) is 8.15. The lowest BCUT2D eigenvalue weighted by Crippen LogP contribution is -2.25. The summed E-state index contributed by atoms with van der Waals surface area (Å²) in [5.41, 5.74) is 3.06. The zero-order chi connectivity index (χ0) is 23.7. The molecule has 1 N–H and O–H groups in total. The average Bonchev–Trinajstić information content (AvgIpc) is 3.49. The monoisotopic (exact) mass is 459 g/mol. The molecule has 1 aromatic carbocycles. The Bertz CT molecular complexity index is 1430. The molecule has 4 aromatic rings. The Morgan fingerprint density at radius 1 is 1.12 bits per heavy atom. The van der Waals surface area contributed by atoms with Gasteiger partial charge in [0.25, 0.3) is 11.8 Å². The lowest BCUT2D eigenvalue weighted by Gasteiger charge is -2.22. The largest absolute Gasteiger partial charge is 0.305 e. The Hall–Kier alpha value is -4.39. The first-order valence-corrected chi connectivity index (χ1v) is 10.6. The fourth-order valence-corrected chi connectivity index (χ4v) is 3.70. The fourth-order valence-electron chi connectivity index (χ4n) is 3.70. The van der Waals surface area contributed by atoms with Crippen molar-refractivity contribution in [2.24, 2.45) is 0 Å². The zero-order valence-corrected chi connectivity index (χ0v) is 18.2. The molecule has 0 bridgehead atoms. The van der Waals surface area contributed by atoms with E-state index in [1.54, 1.807) is 43.0 Å². The highest BCUT2D eigenvalue weighted by Crippen LogP contribution is 2.37. The molecule has 10 heteroatoms. The number of halogens is 2. The first kappa shape index (κ1) is 21.5. The summed E-state index contributed by atoms with van der Waals surface area (Å²) in [7, 11) is 0. The van der Waals surface area contributed by atoms with Gasteiger partial charge in [0, 0.05) is 41.9 Å². The van der Waals surface area contributed by atoms with Gasteiger partial charge in [-0.25, -0.2) is 0 Å². The minimum atomic E-state index is -2.94. The van der Waals surface area contributed by atoms with Gasteiger partial charge in [0.15, 0.2) is 5.82 Å². The van der Waals surface area contributed by atoms with E-state index in [1.165, 1.54) is 15.5 Å². The molecule has 8 nitrogen and oxygen atoms in total. The number of carbonyl (C=O) groups excluding carboxylic acids is 1. The smallest absolute Gasteiger partial charge is 0.289 e. The number of rotatable bonds is 3. The number of nitrogens with one attached hydrogen (secondary N) is 1. The number of aryl methyl sites for hydroxylation is 2. The summed E-state index contributed by atoms with van der Waals surface area (Å²) in [6.45, 7) is 2.29. The van der Waals surface area contributed by atoms with Gasteiger partial charge in [0.05, 0.1) is 18.6 Å². The molecule has 0 saturated heterocycles. The average molecular weight is 459 g/mol. The molecule has 34 heavy (non-hydrogen) atoms. The molecule has 1 aliphatic heterocycles. The van der Waals surface area contributed by atoms with Crippen LogP contribution in [-0.2, 0) is 12.5 Å². The summed E-state index contributed by atoms with van der Waals surface area (Å²) in [4.78, 5) is 18.4. The van der Waals surface area contributed by atoms with Gasteiger partial charge in [-0.1, -0.05) is 17.9 Å². The van der Waals surface area contributed by atoms with Crippen LogP contribution in [0, 0.1) is 18.8 Å². The summed E-state index contributed by atoms with van der Waals surface area (Å²) < 4.78 is 29.4. The molecule has 0 atom stereocenters. The Kier molecular flexibility index (Phi) is 5.37. The van der Waals surface area contributed by atoms with Crippen LogP contribution in [0.4, 0.5) is 14.6 Å². The molecule has 0 aliphatic carbocycles. The normalized spacial score (nSPS) is 14.1. The maximum Gasteiger partial charge on any atom is 0.289 e. The zero-order valence-electron chi connectivity index (χ0n) is 18.2. The number of carbonyl (C=O) groups is 1. The molecule has 0 fully saturated rings. The second-order valence-electron chi connectivity index (χ2n) is 7.93. The number of alkyl halides is 2. The third-order valence-electron chi connectivity index (χ3n) is 5.47. The number of pyridine rings is 1. The molecule has 3 aromatic heterocycles. The van der Waals surface area contributed by atoms with E-state index in [-0.39, 0.29) is 17.9 Å². The summed E-state index contributed by atoms with van der Waals surface area (Å²) in [5, 5.41) is 14.9. The maximum atomic E-state index is 14.1. The highest BCUT2D eigenvalue weighted by atomic mass is 19.3. The molecule has 4 heterocycles. The van der Waals surface area contributed by atoms with Crippen molar-refractivity contribution >= 4 is 11.7 Å². The van der Waals surface area contributed by atoms with Crippen molar-refractivity contribution in [3.8, 4) is 17.5 Å². The van der Waals surface area contributed by atoms with E-state index in [9.17, 15) is 13.6 Å². The van der Waals surface area contributed by atoms with Crippen molar-refractivity contribution in [3.05, 3.63) is 83.1 Å². The van der Waals surface area contributed by atoms with Crippen LogP contribution < -0.4 is 5.32 Å². The summed E-state index contributed by atoms with van der Waals surface area (Å²) >= 11 is 0. The van der Waals surface area contributed by atoms with E-state index >= 15 is 0 Å². The van der Waals surface area contributed by atoms with Crippen molar-refractivity contribution in [1.29, 1.82) is 0 Å².